The molecule has 1 fully saturated rings. The van der Waals surface area contributed by atoms with Crippen LogP contribution in [0.4, 0.5) is 0 Å². The fraction of sp³-hybridized carbons (Fsp3) is 0.588. The molecule has 1 aliphatic rings. The highest BCUT2D eigenvalue weighted by molar-refractivity contribution is 5.75. The second-order valence-corrected chi connectivity index (χ2v) is 5.76. The number of nitrogens with zero attached hydrogens (tertiary/aromatic N) is 1. The van der Waals surface area contributed by atoms with Crippen LogP contribution in [0.25, 0.3) is 0 Å². The fourth-order valence-corrected chi connectivity index (χ4v) is 2.85. The van der Waals surface area contributed by atoms with Crippen molar-refractivity contribution in [2.75, 3.05) is 26.7 Å². The molecule has 0 unspecified atom stereocenters. The third-order valence-electron chi connectivity index (χ3n) is 4.19. The fourth-order valence-electron chi connectivity index (χ4n) is 2.85. The zero-order chi connectivity index (χ0) is 15.1. The van der Waals surface area contributed by atoms with Gasteiger partial charge in [0.25, 0.3) is 0 Å². The van der Waals surface area contributed by atoms with Crippen molar-refractivity contribution in [2.24, 2.45) is 0 Å². The number of hydrogen-bond donors (Lipinski definition) is 1. The Balaban J connectivity index is 1.67. The Morgan fingerprint density at radius 3 is 2.62 bits per heavy atom. The number of ether oxygens (including phenoxy) is 1. The molecule has 1 aliphatic heterocycles. The molecule has 1 aromatic rings. The minimum absolute atomic E-state index is 0.179. The van der Waals surface area contributed by atoms with Crippen molar-refractivity contribution in [1.82, 2.24) is 10.2 Å². The van der Waals surface area contributed by atoms with Crippen LogP contribution in [-0.4, -0.2) is 49.7 Å². The van der Waals surface area contributed by atoms with Crippen LogP contribution < -0.4 is 5.32 Å². The van der Waals surface area contributed by atoms with E-state index in [2.05, 4.69) is 40.5 Å². The van der Waals surface area contributed by atoms with E-state index >= 15 is 0 Å². The predicted octanol–water partition coefficient (Wildman–Crippen LogP) is 1.84. The average Bonchev–Trinajstić information content (AvgIpc) is 2.54. The summed E-state index contributed by atoms with van der Waals surface area (Å²) in [7, 11) is 1.44. The monoisotopic (exact) mass is 290 g/mol. The molecule has 0 bridgehead atoms. The van der Waals surface area contributed by atoms with Crippen LogP contribution in [0.2, 0.25) is 0 Å². The first kappa shape index (κ1) is 16.0. The maximum absolute atomic E-state index is 11.4. The molecular formula is C17H26N2O2. The SMILES string of the molecule is COC(=O)[C@H](C)NC1CCN(CCc2ccccc2)CC1. The molecule has 4 nitrogen and oxygen atoms in total. The number of methoxy groups -OCH3 is 1. The second kappa shape index (κ2) is 8.15. The highest BCUT2D eigenvalue weighted by Crippen LogP contribution is 2.12. The molecule has 21 heavy (non-hydrogen) atoms. The van der Waals surface area contributed by atoms with Gasteiger partial charge < -0.3 is 15.0 Å². The minimum Gasteiger partial charge on any atom is -0.468 e. The van der Waals surface area contributed by atoms with Gasteiger partial charge in [-0.2, -0.15) is 0 Å². The van der Waals surface area contributed by atoms with E-state index < -0.39 is 0 Å². The maximum Gasteiger partial charge on any atom is 0.322 e. The van der Waals surface area contributed by atoms with Crippen molar-refractivity contribution < 1.29 is 9.53 Å². The number of esters is 1. The lowest BCUT2D eigenvalue weighted by atomic mass is 10.0. The lowest BCUT2D eigenvalue weighted by Crippen LogP contribution is -2.48. The molecule has 1 heterocycles. The third-order valence-corrected chi connectivity index (χ3v) is 4.19. The largest absolute Gasteiger partial charge is 0.468 e. The third kappa shape index (κ3) is 5.14. The molecule has 0 spiro atoms. The average molecular weight is 290 g/mol. The zero-order valence-electron chi connectivity index (χ0n) is 13.0. The zero-order valence-corrected chi connectivity index (χ0v) is 13.0. The molecule has 116 valence electrons. The molecule has 0 saturated carbocycles. The number of nitrogens with one attached hydrogen (secondary N) is 1. The van der Waals surface area contributed by atoms with Gasteiger partial charge in [0, 0.05) is 12.6 Å². The number of carbonyl (C=O) groups is 1. The van der Waals surface area contributed by atoms with E-state index in [0.717, 1.165) is 38.9 Å². The molecule has 0 radical (unpaired) electrons. The van der Waals surface area contributed by atoms with Crippen molar-refractivity contribution in [3.05, 3.63) is 35.9 Å². The first-order valence-corrected chi connectivity index (χ1v) is 7.79. The van der Waals surface area contributed by atoms with Gasteiger partial charge in [0.1, 0.15) is 6.04 Å². The van der Waals surface area contributed by atoms with Crippen molar-refractivity contribution in [3.63, 3.8) is 0 Å². The number of hydrogen-bond acceptors (Lipinski definition) is 4. The van der Waals surface area contributed by atoms with Gasteiger partial charge in [-0.3, -0.25) is 4.79 Å². The lowest BCUT2D eigenvalue weighted by molar-refractivity contribution is -0.142. The topological polar surface area (TPSA) is 41.6 Å². The van der Waals surface area contributed by atoms with Crippen LogP contribution in [0.15, 0.2) is 30.3 Å². The summed E-state index contributed by atoms with van der Waals surface area (Å²) < 4.78 is 4.75. The molecule has 0 aromatic heterocycles. The van der Waals surface area contributed by atoms with Gasteiger partial charge in [-0.25, -0.2) is 0 Å². The summed E-state index contributed by atoms with van der Waals surface area (Å²) in [4.78, 5) is 13.9. The highest BCUT2D eigenvalue weighted by atomic mass is 16.5. The normalized spacial score (nSPS) is 18.4. The van der Waals surface area contributed by atoms with Gasteiger partial charge in [-0.1, -0.05) is 30.3 Å². The van der Waals surface area contributed by atoms with Gasteiger partial charge in [-0.15, -0.1) is 0 Å². The smallest absolute Gasteiger partial charge is 0.322 e. The number of rotatable bonds is 6. The van der Waals surface area contributed by atoms with E-state index in [1.165, 1.54) is 12.7 Å². The molecule has 1 aromatic carbocycles. The molecule has 0 aliphatic carbocycles. The van der Waals surface area contributed by atoms with Crippen molar-refractivity contribution in [1.29, 1.82) is 0 Å². The number of benzene rings is 1. The van der Waals surface area contributed by atoms with Crippen molar-refractivity contribution >= 4 is 5.97 Å². The van der Waals surface area contributed by atoms with Crippen molar-refractivity contribution in [3.8, 4) is 0 Å². The van der Waals surface area contributed by atoms with Crippen LogP contribution in [0.1, 0.15) is 25.3 Å². The summed E-state index contributed by atoms with van der Waals surface area (Å²) in [5.74, 6) is -0.179. The summed E-state index contributed by atoms with van der Waals surface area (Å²) in [6, 6.07) is 10.8. The molecule has 1 N–H and O–H groups in total. The molecule has 2 rings (SSSR count). The van der Waals surface area contributed by atoms with Gasteiger partial charge in [0.15, 0.2) is 0 Å². The maximum atomic E-state index is 11.4. The first-order chi connectivity index (χ1) is 10.2. The Labute approximate surface area is 127 Å². The summed E-state index contributed by atoms with van der Waals surface area (Å²) in [6.45, 7) is 5.17. The molecule has 1 saturated heterocycles. The van der Waals surface area contributed by atoms with E-state index in [0.29, 0.717) is 6.04 Å². The summed E-state index contributed by atoms with van der Waals surface area (Å²) >= 11 is 0. The van der Waals surface area contributed by atoms with Gasteiger partial charge >= 0.3 is 5.97 Å². The van der Waals surface area contributed by atoms with Crippen LogP contribution in [-0.2, 0) is 16.0 Å². The predicted molar refractivity (Wildman–Crippen MR) is 84.2 cm³/mol. The molecule has 4 heteroatoms. The van der Waals surface area contributed by atoms with Crippen molar-refractivity contribution in [2.45, 2.75) is 38.3 Å². The Bertz CT molecular complexity index is 428. The molecular weight excluding hydrogens is 264 g/mol. The minimum atomic E-state index is -0.212. The molecule has 1 atom stereocenters. The Kier molecular flexibility index (Phi) is 6.21. The Morgan fingerprint density at radius 1 is 1.33 bits per heavy atom. The lowest BCUT2D eigenvalue weighted by Gasteiger charge is -2.33. The quantitative estimate of drug-likeness (QED) is 0.812. The summed E-state index contributed by atoms with van der Waals surface area (Å²) in [6.07, 6.45) is 3.30. The highest BCUT2D eigenvalue weighted by Gasteiger charge is 2.22. The van der Waals surface area contributed by atoms with Gasteiger partial charge in [-0.05, 0) is 44.8 Å². The van der Waals surface area contributed by atoms with E-state index in [1.807, 2.05) is 6.92 Å². The van der Waals surface area contributed by atoms with Crippen LogP contribution in [0.5, 0.6) is 0 Å². The van der Waals surface area contributed by atoms with Crippen LogP contribution >= 0.6 is 0 Å². The second-order valence-electron chi connectivity index (χ2n) is 5.76. The Hall–Kier alpha value is -1.39. The van der Waals surface area contributed by atoms with Gasteiger partial charge in [0.2, 0.25) is 0 Å². The van der Waals surface area contributed by atoms with Gasteiger partial charge in [0.05, 0.1) is 7.11 Å². The summed E-state index contributed by atoms with van der Waals surface area (Å²) in [5, 5.41) is 3.36. The van der Waals surface area contributed by atoms with E-state index in [-0.39, 0.29) is 12.0 Å². The number of likely N-dealkylation sites (tertiary alicyclic amines) is 1. The van der Waals surface area contributed by atoms with E-state index in [1.54, 1.807) is 0 Å². The Morgan fingerprint density at radius 2 is 2.00 bits per heavy atom. The van der Waals surface area contributed by atoms with Crippen LogP contribution in [0, 0.1) is 0 Å². The first-order valence-electron chi connectivity index (χ1n) is 7.79. The summed E-state index contributed by atoms with van der Waals surface area (Å²) in [5.41, 5.74) is 1.40. The molecule has 0 amide bonds. The standard InChI is InChI=1S/C17H26N2O2/c1-14(17(20)21-2)18-16-9-12-19(13-10-16)11-8-15-6-4-3-5-7-15/h3-7,14,16,18H,8-13H2,1-2H3/t14-/m0/s1. The van der Waals surface area contributed by atoms with E-state index in [9.17, 15) is 4.79 Å². The van der Waals surface area contributed by atoms with Crippen LogP contribution in [0.3, 0.4) is 0 Å². The number of carbonyl (C=O) groups excluding carboxylic acids is 1. The number of piperidine rings is 1. The van der Waals surface area contributed by atoms with E-state index in [4.69, 9.17) is 4.74 Å².